The van der Waals surface area contributed by atoms with Crippen molar-refractivity contribution in [3.63, 3.8) is 0 Å². The lowest BCUT2D eigenvalue weighted by Gasteiger charge is -2.09. The van der Waals surface area contributed by atoms with Crippen molar-refractivity contribution in [2.75, 3.05) is 0 Å². The number of aliphatic hydroxyl groups excluding tert-OH is 1. The third-order valence-electron chi connectivity index (χ3n) is 3.37. The lowest BCUT2D eigenvalue weighted by atomic mass is 9.98. The third-order valence-corrected chi connectivity index (χ3v) is 3.37. The van der Waals surface area contributed by atoms with E-state index >= 15 is 0 Å². The summed E-state index contributed by atoms with van der Waals surface area (Å²) in [5, 5.41) is 9.21. The summed E-state index contributed by atoms with van der Waals surface area (Å²) >= 11 is 0. The molecular formula is C17H19NO2. The van der Waals surface area contributed by atoms with Crippen molar-refractivity contribution >= 4 is 5.78 Å². The fourth-order valence-electron chi connectivity index (χ4n) is 2.16. The molecule has 0 atom stereocenters. The van der Waals surface area contributed by atoms with E-state index < -0.39 is 0 Å². The molecule has 0 bridgehead atoms. The van der Waals surface area contributed by atoms with Gasteiger partial charge in [-0.05, 0) is 29.7 Å². The molecule has 0 saturated carbocycles. The Labute approximate surface area is 119 Å². The number of nitrogens with zero attached hydrogens (tertiary/aromatic N) is 1. The zero-order chi connectivity index (χ0) is 14.4. The summed E-state index contributed by atoms with van der Waals surface area (Å²) < 4.78 is 0. The van der Waals surface area contributed by atoms with E-state index in [1.807, 2.05) is 37.3 Å². The molecule has 0 aliphatic carbocycles. The highest BCUT2D eigenvalue weighted by atomic mass is 16.3. The van der Waals surface area contributed by atoms with Gasteiger partial charge in [-0.2, -0.15) is 0 Å². The largest absolute Gasteiger partial charge is 0.392 e. The average Bonchev–Trinajstić information content (AvgIpc) is 2.52. The van der Waals surface area contributed by atoms with Crippen molar-refractivity contribution in [3.8, 4) is 11.3 Å². The van der Waals surface area contributed by atoms with Crippen LogP contribution in [-0.2, 0) is 17.8 Å². The first-order valence-electron chi connectivity index (χ1n) is 6.90. The van der Waals surface area contributed by atoms with Crippen molar-refractivity contribution in [1.29, 1.82) is 0 Å². The molecule has 0 radical (unpaired) electrons. The van der Waals surface area contributed by atoms with Gasteiger partial charge in [-0.15, -0.1) is 0 Å². The Morgan fingerprint density at radius 1 is 1.25 bits per heavy atom. The quantitative estimate of drug-likeness (QED) is 0.876. The molecule has 0 spiro atoms. The van der Waals surface area contributed by atoms with Crippen LogP contribution in [0, 0.1) is 0 Å². The van der Waals surface area contributed by atoms with Crippen LogP contribution in [-0.4, -0.2) is 15.9 Å². The lowest BCUT2D eigenvalue weighted by molar-refractivity contribution is -0.118. The molecule has 1 aromatic carbocycles. The fraction of sp³-hybridized carbons (Fsp3) is 0.294. The van der Waals surface area contributed by atoms with E-state index in [0.717, 1.165) is 28.8 Å². The van der Waals surface area contributed by atoms with Gasteiger partial charge in [0, 0.05) is 24.6 Å². The number of hydrogen-bond donors (Lipinski definition) is 1. The molecule has 3 nitrogen and oxygen atoms in total. The number of Topliss-reactive ketones (excluding diaryl/α,β-unsaturated/α-hetero) is 1. The number of ketones is 1. The van der Waals surface area contributed by atoms with Gasteiger partial charge in [0.15, 0.2) is 0 Å². The number of benzene rings is 1. The maximum absolute atomic E-state index is 11.5. The van der Waals surface area contributed by atoms with Crippen LogP contribution in [0.4, 0.5) is 0 Å². The zero-order valence-electron chi connectivity index (χ0n) is 11.7. The van der Waals surface area contributed by atoms with Crippen LogP contribution in [0.2, 0.25) is 0 Å². The highest BCUT2D eigenvalue weighted by Gasteiger charge is 2.08. The first kappa shape index (κ1) is 14.4. The van der Waals surface area contributed by atoms with Gasteiger partial charge in [0.25, 0.3) is 0 Å². The van der Waals surface area contributed by atoms with Crippen molar-refractivity contribution < 1.29 is 9.90 Å². The molecule has 0 unspecified atom stereocenters. The third kappa shape index (κ3) is 3.52. The summed E-state index contributed by atoms with van der Waals surface area (Å²) in [7, 11) is 0. The lowest BCUT2D eigenvalue weighted by Crippen LogP contribution is -2.00. The van der Waals surface area contributed by atoms with Crippen molar-refractivity contribution in [2.45, 2.75) is 32.8 Å². The van der Waals surface area contributed by atoms with Crippen LogP contribution in [0.5, 0.6) is 0 Å². The maximum Gasteiger partial charge on any atom is 0.132 e. The van der Waals surface area contributed by atoms with Crippen LogP contribution in [0.1, 0.15) is 30.9 Å². The monoisotopic (exact) mass is 269 g/mol. The summed E-state index contributed by atoms with van der Waals surface area (Å²) in [6.07, 6.45) is 3.58. The van der Waals surface area contributed by atoms with Gasteiger partial charge in [0.1, 0.15) is 5.78 Å². The number of rotatable bonds is 6. The van der Waals surface area contributed by atoms with Gasteiger partial charge in [-0.3, -0.25) is 9.78 Å². The normalized spacial score (nSPS) is 10.5. The predicted molar refractivity (Wildman–Crippen MR) is 79.2 cm³/mol. The smallest absolute Gasteiger partial charge is 0.132 e. The number of pyridine rings is 1. The van der Waals surface area contributed by atoms with Crippen molar-refractivity contribution in [2.24, 2.45) is 0 Å². The second-order valence-electron chi connectivity index (χ2n) is 4.76. The summed E-state index contributed by atoms with van der Waals surface area (Å²) in [6, 6.07) is 11.7. The maximum atomic E-state index is 11.5. The first-order chi connectivity index (χ1) is 9.74. The number of hydrogen-bond acceptors (Lipinski definition) is 3. The van der Waals surface area contributed by atoms with Crippen LogP contribution in [0.15, 0.2) is 42.6 Å². The number of carbonyl (C=O) groups is 1. The van der Waals surface area contributed by atoms with Gasteiger partial charge in [0.2, 0.25) is 0 Å². The highest BCUT2D eigenvalue weighted by Crippen LogP contribution is 2.23. The predicted octanol–water partition coefficient (Wildman–Crippen LogP) is 3.15. The molecule has 0 aliphatic rings. The van der Waals surface area contributed by atoms with Gasteiger partial charge < -0.3 is 5.11 Å². The zero-order valence-corrected chi connectivity index (χ0v) is 11.7. The van der Waals surface area contributed by atoms with Crippen molar-refractivity contribution in [1.82, 2.24) is 4.98 Å². The molecule has 1 heterocycles. The SMILES string of the molecule is CCC(=O)CCc1ccccc1-c1cc(CO)ccn1. The average molecular weight is 269 g/mol. The molecule has 2 rings (SSSR count). The Kier molecular flexibility index (Phi) is 5.02. The Hall–Kier alpha value is -2.00. The number of aliphatic hydroxyl groups is 1. The van der Waals surface area contributed by atoms with Gasteiger partial charge in [0.05, 0.1) is 12.3 Å². The Balaban J connectivity index is 2.29. The van der Waals surface area contributed by atoms with Crippen LogP contribution >= 0.6 is 0 Å². The molecule has 1 aromatic heterocycles. The summed E-state index contributed by atoms with van der Waals surface area (Å²) in [6.45, 7) is 1.90. The number of aromatic nitrogens is 1. The first-order valence-corrected chi connectivity index (χ1v) is 6.90. The van der Waals surface area contributed by atoms with E-state index in [2.05, 4.69) is 4.98 Å². The molecule has 2 aromatic rings. The minimum Gasteiger partial charge on any atom is -0.392 e. The standard InChI is InChI=1S/C17H19NO2/c1-2-15(20)8-7-14-5-3-4-6-16(14)17-11-13(12-19)9-10-18-17/h3-6,9-11,19H,2,7-8,12H2,1H3. The Morgan fingerprint density at radius 3 is 2.80 bits per heavy atom. The summed E-state index contributed by atoms with van der Waals surface area (Å²) in [5.74, 6) is 0.275. The number of carbonyl (C=O) groups excluding carboxylic acids is 1. The summed E-state index contributed by atoms with van der Waals surface area (Å²) in [5.41, 5.74) is 3.84. The Morgan fingerprint density at radius 2 is 2.05 bits per heavy atom. The molecule has 3 heteroatoms. The molecular weight excluding hydrogens is 250 g/mol. The van der Waals surface area contributed by atoms with E-state index in [4.69, 9.17) is 0 Å². The molecule has 20 heavy (non-hydrogen) atoms. The van der Waals surface area contributed by atoms with E-state index in [1.54, 1.807) is 12.3 Å². The van der Waals surface area contributed by atoms with Gasteiger partial charge >= 0.3 is 0 Å². The van der Waals surface area contributed by atoms with E-state index in [-0.39, 0.29) is 12.4 Å². The molecule has 0 saturated heterocycles. The molecule has 0 fully saturated rings. The molecule has 104 valence electrons. The second-order valence-corrected chi connectivity index (χ2v) is 4.76. The topological polar surface area (TPSA) is 50.2 Å². The second kappa shape index (κ2) is 6.96. The van der Waals surface area contributed by atoms with Crippen LogP contribution < -0.4 is 0 Å². The minimum atomic E-state index is 0.00596. The molecule has 1 N–H and O–H groups in total. The molecule has 0 amide bonds. The minimum absolute atomic E-state index is 0.00596. The van der Waals surface area contributed by atoms with Gasteiger partial charge in [-0.25, -0.2) is 0 Å². The number of aryl methyl sites for hydroxylation is 1. The Bertz CT molecular complexity index is 593. The van der Waals surface area contributed by atoms with E-state index in [0.29, 0.717) is 12.8 Å². The highest BCUT2D eigenvalue weighted by molar-refractivity contribution is 5.78. The van der Waals surface area contributed by atoms with Crippen LogP contribution in [0.25, 0.3) is 11.3 Å². The van der Waals surface area contributed by atoms with Gasteiger partial charge in [-0.1, -0.05) is 31.2 Å². The van der Waals surface area contributed by atoms with E-state index in [9.17, 15) is 9.90 Å². The van der Waals surface area contributed by atoms with Crippen LogP contribution in [0.3, 0.4) is 0 Å². The van der Waals surface area contributed by atoms with E-state index in [1.165, 1.54) is 0 Å². The van der Waals surface area contributed by atoms with Crippen molar-refractivity contribution in [3.05, 3.63) is 53.7 Å². The fourth-order valence-corrected chi connectivity index (χ4v) is 2.16. The molecule has 0 aliphatic heterocycles. The summed E-state index contributed by atoms with van der Waals surface area (Å²) in [4.78, 5) is 15.9.